The third kappa shape index (κ3) is 5.31. The Morgan fingerprint density at radius 3 is 2.69 bits per heavy atom. The summed E-state index contributed by atoms with van der Waals surface area (Å²) in [4.78, 5) is 14.5. The van der Waals surface area contributed by atoms with Crippen LogP contribution >= 0.6 is 0 Å². The van der Waals surface area contributed by atoms with Crippen LogP contribution in [-0.4, -0.2) is 48.4 Å². The molecule has 1 N–H and O–H groups in total. The summed E-state index contributed by atoms with van der Waals surface area (Å²) >= 11 is 0. The van der Waals surface area contributed by atoms with Gasteiger partial charge in [0, 0.05) is 25.7 Å². The summed E-state index contributed by atoms with van der Waals surface area (Å²) in [6.07, 6.45) is 0.138. The highest BCUT2D eigenvalue weighted by Gasteiger charge is 2.16. The minimum atomic E-state index is -0.246. The van der Waals surface area contributed by atoms with E-state index in [1.165, 1.54) is 0 Å². The first-order chi connectivity index (χ1) is 12.6. The number of aromatic nitrogens is 1. The second kappa shape index (κ2) is 8.82. The molecule has 1 fully saturated rings. The number of morpholine rings is 1. The lowest BCUT2D eigenvalue weighted by atomic mass is 10.2. The fourth-order valence-electron chi connectivity index (χ4n) is 2.71. The largest absolute Gasteiger partial charge is 0.491 e. The molecule has 1 aliphatic heterocycles. The minimum Gasteiger partial charge on any atom is -0.491 e. The van der Waals surface area contributed by atoms with Crippen molar-refractivity contribution < 1.29 is 18.8 Å². The summed E-state index contributed by atoms with van der Waals surface area (Å²) in [7, 11) is 0. The number of carbonyl (C=O) groups is 1. The Kier molecular flexibility index (Phi) is 6.25. The smallest absolute Gasteiger partial charge is 0.273 e. The van der Waals surface area contributed by atoms with Gasteiger partial charge in [0.25, 0.3) is 5.91 Å². The quantitative estimate of drug-likeness (QED) is 0.817. The van der Waals surface area contributed by atoms with Crippen LogP contribution in [0.1, 0.15) is 35.7 Å². The van der Waals surface area contributed by atoms with E-state index in [1.54, 1.807) is 6.07 Å². The van der Waals surface area contributed by atoms with Gasteiger partial charge in [0.1, 0.15) is 5.75 Å². The van der Waals surface area contributed by atoms with Crippen LogP contribution in [0.2, 0.25) is 0 Å². The molecule has 26 heavy (non-hydrogen) atoms. The van der Waals surface area contributed by atoms with Crippen molar-refractivity contribution in [2.75, 3.05) is 26.3 Å². The first-order valence-corrected chi connectivity index (χ1v) is 8.89. The highest BCUT2D eigenvalue weighted by Crippen LogP contribution is 2.14. The average molecular weight is 359 g/mol. The molecule has 7 nitrogen and oxygen atoms in total. The lowest BCUT2D eigenvalue weighted by Crippen LogP contribution is -2.35. The van der Waals surface area contributed by atoms with Gasteiger partial charge in [-0.15, -0.1) is 0 Å². The predicted molar refractivity (Wildman–Crippen MR) is 96.0 cm³/mol. The fourth-order valence-corrected chi connectivity index (χ4v) is 2.71. The van der Waals surface area contributed by atoms with Crippen LogP contribution in [0.25, 0.3) is 0 Å². The van der Waals surface area contributed by atoms with E-state index >= 15 is 0 Å². The molecule has 0 radical (unpaired) electrons. The van der Waals surface area contributed by atoms with Crippen LogP contribution < -0.4 is 10.1 Å². The molecule has 0 unspecified atom stereocenters. The second-order valence-corrected chi connectivity index (χ2v) is 6.56. The fraction of sp³-hybridized carbons (Fsp3) is 0.474. The molecule has 0 aliphatic carbocycles. The Balaban J connectivity index is 1.48. The Morgan fingerprint density at radius 2 is 2.00 bits per heavy atom. The maximum atomic E-state index is 12.2. The molecule has 0 atom stereocenters. The number of ether oxygens (including phenoxy) is 2. The Morgan fingerprint density at radius 1 is 1.27 bits per heavy atom. The molecule has 2 aromatic rings. The number of rotatable bonds is 7. The van der Waals surface area contributed by atoms with Gasteiger partial charge in [-0.05, 0) is 31.5 Å². The van der Waals surface area contributed by atoms with Crippen molar-refractivity contribution in [2.45, 2.75) is 33.0 Å². The van der Waals surface area contributed by atoms with E-state index in [-0.39, 0.29) is 12.0 Å². The molecule has 1 aromatic carbocycles. The van der Waals surface area contributed by atoms with E-state index in [4.69, 9.17) is 14.0 Å². The van der Waals surface area contributed by atoms with Crippen molar-refractivity contribution >= 4 is 5.91 Å². The molecule has 0 saturated carbocycles. The molecule has 7 heteroatoms. The summed E-state index contributed by atoms with van der Waals surface area (Å²) < 4.78 is 16.2. The summed E-state index contributed by atoms with van der Waals surface area (Å²) in [5.74, 6) is 1.26. The van der Waals surface area contributed by atoms with E-state index in [2.05, 4.69) is 15.4 Å². The van der Waals surface area contributed by atoms with Crippen LogP contribution in [0, 0.1) is 0 Å². The van der Waals surface area contributed by atoms with E-state index in [1.807, 2.05) is 38.1 Å². The predicted octanol–water partition coefficient (Wildman–Crippen LogP) is 2.22. The number of carbonyl (C=O) groups excluding carboxylic acids is 1. The van der Waals surface area contributed by atoms with Crippen molar-refractivity contribution in [3.8, 4) is 5.75 Å². The van der Waals surface area contributed by atoms with Crippen molar-refractivity contribution in [3.63, 3.8) is 0 Å². The summed E-state index contributed by atoms with van der Waals surface area (Å²) in [6.45, 7) is 8.20. The van der Waals surface area contributed by atoms with Crippen LogP contribution in [0.3, 0.4) is 0 Å². The average Bonchev–Trinajstić information content (AvgIpc) is 3.10. The van der Waals surface area contributed by atoms with Crippen LogP contribution in [0.5, 0.6) is 5.75 Å². The monoisotopic (exact) mass is 359 g/mol. The Hall–Kier alpha value is -2.38. The first kappa shape index (κ1) is 18.4. The lowest BCUT2D eigenvalue weighted by molar-refractivity contribution is 0.0305. The normalized spacial score (nSPS) is 15.2. The maximum Gasteiger partial charge on any atom is 0.273 e. The molecule has 1 amide bonds. The van der Waals surface area contributed by atoms with E-state index in [0.717, 1.165) is 37.6 Å². The molecule has 1 aromatic heterocycles. The number of benzene rings is 1. The van der Waals surface area contributed by atoms with Gasteiger partial charge >= 0.3 is 0 Å². The lowest BCUT2D eigenvalue weighted by Gasteiger charge is -2.25. The zero-order valence-electron chi connectivity index (χ0n) is 15.2. The van der Waals surface area contributed by atoms with Crippen molar-refractivity contribution in [1.82, 2.24) is 15.4 Å². The van der Waals surface area contributed by atoms with Gasteiger partial charge in [0.2, 0.25) is 0 Å². The molecule has 1 aliphatic rings. The molecule has 0 spiro atoms. The number of nitrogens with zero attached hydrogens (tertiary/aromatic N) is 2. The van der Waals surface area contributed by atoms with Crippen molar-refractivity contribution in [2.24, 2.45) is 0 Å². The van der Waals surface area contributed by atoms with E-state index in [0.29, 0.717) is 24.5 Å². The number of hydrogen-bond acceptors (Lipinski definition) is 6. The third-order valence-corrected chi connectivity index (χ3v) is 4.02. The van der Waals surface area contributed by atoms with Crippen molar-refractivity contribution in [1.29, 1.82) is 0 Å². The maximum absolute atomic E-state index is 12.2. The van der Waals surface area contributed by atoms with Crippen LogP contribution in [0.4, 0.5) is 0 Å². The van der Waals surface area contributed by atoms with Gasteiger partial charge < -0.3 is 19.3 Å². The first-order valence-electron chi connectivity index (χ1n) is 8.89. The van der Waals surface area contributed by atoms with Crippen LogP contribution in [0.15, 0.2) is 34.9 Å². The van der Waals surface area contributed by atoms with E-state index in [9.17, 15) is 4.79 Å². The Bertz CT molecular complexity index is 706. The van der Waals surface area contributed by atoms with Gasteiger partial charge in [0.15, 0.2) is 11.5 Å². The van der Waals surface area contributed by atoms with Gasteiger partial charge in [-0.2, -0.15) is 0 Å². The molecule has 140 valence electrons. The SMILES string of the molecule is CC(C)Oc1ccc(CNC(=O)c2cc(CN3CCOCC3)on2)cc1. The van der Waals surface area contributed by atoms with Crippen LogP contribution in [-0.2, 0) is 17.8 Å². The third-order valence-electron chi connectivity index (χ3n) is 4.02. The second-order valence-electron chi connectivity index (χ2n) is 6.56. The minimum absolute atomic E-state index is 0.138. The molecule has 3 rings (SSSR count). The number of amides is 1. The highest BCUT2D eigenvalue weighted by atomic mass is 16.5. The van der Waals surface area contributed by atoms with Gasteiger partial charge in [-0.1, -0.05) is 17.3 Å². The zero-order valence-corrected chi connectivity index (χ0v) is 15.2. The summed E-state index contributed by atoms with van der Waals surface area (Å²) in [6, 6.07) is 9.37. The molecule has 0 bridgehead atoms. The van der Waals surface area contributed by atoms with Gasteiger partial charge in [-0.25, -0.2) is 0 Å². The van der Waals surface area contributed by atoms with Gasteiger partial charge in [0.05, 0.1) is 25.9 Å². The molecular formula is C19H25N3O4. The van der Waals surface area contributed by atoms with Gasteiger partial charge in [-0.3, -0.25) is 9.69 Å². The topological polar surface area (TPSA) is 76.8 Å². The molecule has 1 saturated heterocycles. The Labute approximate surface area is 153 Å². The molecule has 2 heterocycles. The number of hydrogen-bond donors (Lipinski definition) is 1. The molecular weight excluding hydrogens is 334 g/mol. The van der Waals surface area contributed by atoms with Crippen molar-refractivity contribution in [3.05, 3.63) is 47.3 Å². The van der Waals surface area contributed by atoms with E-state index < -0.39 is 0 Å². The summed E-state index contributed by atoms with van der Waals surface area (Å²) in [5.41, 5.74) is 1.29. The summed E-state index contributed by atoms with van der Waals surface area (Å²) in [5, 5.41) is 6.73. The highest BCUT2D eigenvalue weighted by molar-refractivity contribution is 5.92. The number of nitrogens with one attached hydrogen (secondary N) is 1. The zero-order chi connectivity index (χ0) is 18.4. The standard InChI is InChI=1S/C19H25N3O4/c1-14(2)25-16-5-3-15(4-6-16)12-20-19(23)18-11-17(26-21-18)13-22-7-9-24-10-8-22/h3-6,11,14H,7-10,12-13H2,1-2H3,(H,20,23).